The zero-order chi connectivity index (χ0) is 12.7. The van der Waals surface area contributed by atoms with Gasteiger partial charge in [0.2, 0.25) is 11.0 Å². The number of hydrogen-bond acceptors (Lipinski definition) is 5. The lowest BCUT2D eigenvalue weighted by atomic mass is 10.2. The first-order chi connectivity index (χ1) is 8.15. The second-order valence-corrected chi connectivity index (χ2v) is 6.52. The molecule has 0 aliphatic heterocycles. The second-order valence-electron chi connectivity index (χ2n) is 3.86. The van der Waals surface area contributed by atoms with E-state index < -0.39 is 0 Å². The van der Waals surface area contributed by atoms with E-state index in [4.69, 9.17) is 0 Å². The summed E-state index contributed by atoms with van der Waals surface area (Å²) >= 11 is 3.15. The highest BCUT2D eigenvalue weighted by molar-refractivity contribution is 8.01. The molecular formula is C11H19N3OS2. The summed E-state index contributed by atoms with van der Waals surface area (Å²) in [4.78, 5) is 11.5. The molecule has 17 heavy (non-hydrogen) atoms. The highest BCUT2D eigenvalue weighted by atomic mass is 32.2. The standard InChI is InChI=1S/C11H19N3OS2/c1-4-6-7-9(15)12-10-13-14-11(17-10)16-8(3)5-2/h8H,4-7H2,1-3H3,(H,12,13,15). The summed E-state index contributed by atoms with van der Waals surface area (Å²) in [6.07, 6.45) is 3.60. The summed E-state index contributed by atoms with van der Waals surface area (Å²) in [6.45, 7) is 6.37. The largest absolute Gasteiger partial charge is 0.301 e. The highest BCUT2D eigenvalue weighted by Crippen LogP contribution is 2.29. The summed E-state index contributed by atoms with van der Waals surface area (Å²) in [5, 5.41) is 11.9. The lowest BCUT2D eigenvalue weighted by Gasteiger charge is -2.02. The van der Waals surface area contributed by atoms with Gasteiger partial charge in [-0.25, -0.2) is 0 Å². The SMILES string of the molecule is CCCCC(=O)Nc1nnc(SC(C)CC)s1. The van der Waals surface area contributed by atoms with Crippen molar-refractivity contribution in [1.82, 2.24) is 10.2 Å². The normalized spacial score (nSPS) is 12.4. The number of amides is 1. The van der Waals surface area contributed by atoms with Crippen molar-refractivity contribution in [2.24, 2.45) is 0 Å². The minimum absolute atomic E-state index is 0.0306. The minimum Gasteiger partial charge on any atom is -0.301 e. The van der Waals surface area contributed by atoms with Crippen molar-refractivity contribution in [3.63, 3.8) is 0 Å². The van der Waals surface area contributed by atoms with Gasteiger partial charge in [0, 0.05) is 11.7 Å². The zero-order valence-electron chi connectivity index (χ0n) is 10.5. The van der Waals surface area contributed by atoms with Gasteiger partial charge in [-0.15, -0.1) is 10.2 Å². The molecule has 0 radical (unpaired) electrons. The van der Waals surface area contributed by atoms with E-state index in [1.165, 1.54) is 11.3 Å². The van der Waals surface area contributed by atoms with Gasteiger partial charge in [0.1, 0.15) is 0 Å². The molecule has 0 saturated heterocycles. The Kier molecular flexibility index (Phi) is 6.50. The number of carbonyl (C=O) groups is 1. The van der Waals surface area contributed by atoms with Gasteiger partial charge in [0.15, 0.2) is 4.34 Å². The van der Waals surface area contributed by atoms with E-state index >= 15 is 0 Å². The monoisotopic (exact) mass is 273 g/mol. The third kappa shape index (κ3) is 5.50. The van der Waals surface area contributed by atoms with Crippen LogP contribution in [-0.2, 0) is 4.79 Å². The lowest BCUT2D eigenvalue weighted by molar-refractivity contribution is -0.116. The maximum absolute atomic E-state index is 11.5. The second kappa shape index (κ2) is 7.66. The Morgan fingerprint density at radius 3 is 2.88 bits per heavy atom. The molecule has 1 aromatic rings. The molecule has 0 aromatic carbocycles. The van der Waals surface area contributed by atoms with Gasteiger partial charge in [-0.2, -0.15) is 0 Å². The maximum Gasteiger partial charge on any atom is 0.226 e. The summed E-state index contributed by atoms with van der Waals surface area (Å²) in [5.41, 5.74) is 0. The molecule has 1 rings (SSSR count). The molecule has 0 aliphatic carbocycles. The van der Waals surface area contributed by atoms with Gasteiger partial charge < -0.3 is 5.32 Å². The van der Waals surface area contributed by atoms with Crippen molar-refractivity contribution in [3.05, 3.63) is 0 Å². The van der Waals surface area contributed by atoms with Gasteiger partial charge in [-0.05, 0) is 12.8 Å². The third-order valence-electron chi connectivity index (χ3n) is 2.29. The van der Waals surface area contributed by atoms with Crippen molar-refractivity contribution >= 4 is 34.1 Å². The third-order valence-corrected chi connectivity index (χ3v) is 4.48. The average molecular weight is 273 g/mol. The molecule has 1 atom stereocenters. The van der Waals surface area contributed by atoms with E-state index in [0.717, 1.165) is 23.6 Å². The first kappa shape index (κ1) is 14.4. The maximum atomic E-state index is 11.5. The fourth-order valence-electron chi connectivity index (χ4n) is 1.08. The molecule has 6 heteroatoms. The molecule has 1 heterocycles. The number of hydrogen-bond donors (Lipinski definition) is 1. The molecule has 0 fully saturated rings. The molecule has 1 N–H and O–H groups in total. The smallest absolute Gasteiger partial charge is 0.226 e. The van der Waals surface area contributed by atoms with E-state index in [2.05, 4.69) is 36.3 Å². The number of nitrogens with one attached hydrogen (secondary N) is 1. The van der Waals surface area contributed by atoms with Crippen molar-refractivity contribution in [1.29, 1.82) is 0 Å². The molecular weight excluding hydrogens is 254 g/mol. The van der Waals surface area contributed by atoms with Crippen LogP contribution in [0.1, 0.15) is 46.5 Å². The predicted molar refractivity (Wildman–Crippen MR) is 73.7 cm³/mol. The predicted octanol–water partition coefficient (Wildman–Crippen LogP) is 3.56. The van der Waals surface area contributed by atoms with Crippen LogP contribution < -0.4 is 5.32 Å². The molecule has 1 amide bonds. The highest BCUT2D eigenvalue weighted by Gasteiger charge is 2.10. The van der Waals surface area contributed by atoms with E-state index in [9.17, 15) is 4.79 Å². The minimum atomic E-state index is 0.0306. The van der Waals surface area contributed by atoms with Gasteiger partial charge in [-0.3, -0.25) is 4.79 Å². The van der Waals surface area contributed by atoms with Crippen LogP contribution in [0, 0.1) is 0 Å². The van der Waals surface area contributed by atoms with Gasteiger partial charge in [-0.1, -0.05) is 50.3 Å². The first-order valence-corrected chi connectivity index (χ1v) is 7.65. The Morgan fingerprint density at radius 1 is 1.47 bits per heavy atom. The summed E-state index contributed by atoms with van der Waals surface area (Å²) < 4.78 is 0.921. The number of rotatable bonds is 7. The van der Waals surface area contributed by atoms with E-state index in [1.54, 1.807) is 11.8 Å². The van der Waals surface area contributed by atoms with Crippen molar-refractivity contribution in [2.45, 2.75) is 56.0 Å². The van der Waals surface area contributed by atoms with Crippen LogP contribution in [0.5, 0.6) is 0 Å². The first-order valence-electron chi connectivity index (χ1n) is 5.95. The lowest BCUT2D eigenvalue weighted by Crippen LogP contribution is -2.10. The fourth-order valence-corrected chi connectivity index (χ4v) is 3.10. The Balaban J connectivity index is 2.42. The summed E-state index contributed by atoms with van der Waals surface area (Å²) in [5.74, 6) is 0.0306. The average Bonchev–Trinajstić information content (AvgIpc) is 2.73. The van der Waals surface area contributed by atoms with Crippen molar-refractivity contribution in [3.8, 4) is 0 Å². The van der Waals surface area contributed by atoms with E-state index in [-0.39, 0.29) is 5.91 Å². The quantitative estimate of drug-likeness (QED) is 0.609. The molecule has 1 unspecified atom stereocenters. The molecule has 96 valence electrons. The molecule has 4 nitrogen and oxygen atoms in total. The fraction of sp³-hybridized carbons (Fsp3) is 0.727. The Labute approximate surface area is 111 Å². The van der Waals surface area contributed by atoms with Crippen LogP contribution in [0.4, 0.5) is 5.13 Å². The number of thioether (sulfide) groups is 1. The molecule has 0 saturated carbocycles. The Hall–Kier alpha value is -0.620. The van der Waals surface area contributed by atoms with Crippen LogP contribution in [-0.4, -0.2) is 21.4 Å². The van der Waals surface area contributed by atoms with Crippen LogP contribution in [0.15, 0.2) is 4.34 Å². The topological polar surface area (TPSA) is 54.9 Å². The van der Waals surface area contributed by atoms with Gasteiger partial charge in [0.25, 0.3) is 0 Å². The Morgan fingerprint density at radius 2 is 2.24 bits per heavy atom. The summed E-state index contributed by atoms with van der Waals surface area (Å²) in [6, 6.07) is 0. The number of anilines is 1. The number of aromatic nitrogens is 2. The van der Waals surface area contributed by atoms with Crippen LogP contribution in [0.3, 0.4) is 0 Å². The summed E-state index contributed by atoms with van der Waals surface area (Å²) in [7, 11) is 0. The molecule has 1 aromatic heterocycles. The number of unbranched alkanes of at least 4 members (excludes halogenated alkanes) is 1. The molecule has 0 bridgehead atoms. The Bertz CT molecular complexity index is 354. The van der Waals surface area contributed by atoms with E-state index in [1.807, 2.05) is 0 Å². The van der Waals surface area contributed by atoms with Gasteiger partial charge in [0.05, 0.1) is 0 Å². The number of carbonyl (C=O) groups excluding carboxylic acids is 1. The van der Waals surface area contributed by atoms with E-state index in [0.29, 0.717) is 16.8 Å². The van der Waals surface area contributed by atoms with Crippen molar-refractivity contribution < 1.29 is 4.79 Å². The molecule has 0 aliphatic rings. The van der Waals surface area contributed by atoms with Gasteiger partial charge >= 0.3 is 0 Å². The van der Waals surface area contributed by atoms with Crippen molar-refractivity contribution in [2.75, 3.05) is 5.32 Å². The number of nitrogens with zero attached hydrogens (tertiary/aromatic N) is 2. The van der Waals surface area contributed by atoms with Crippen LogP contribution in [0.2, 0.25) is 0 Å². The zero-order valence-corrected chi connectivity index (χ0v) is 12.2. The van der Waals surface area contributed by atoms with Crippen LogP contribution >= 0.6 is 23.1 Å². The van der Waals surface area contributed by atoms with Crippen LogP contribution in [0.25, 0.3) is 0 Å². The molecule has 0 spiro atoms.